The molecule has 0 aromatic heterocycles. The Morgan fingerprint density at radius 2 is 2.18 bits per heavy atom. The molecule has 0 bridgehead atoms. The lowest BCUT2D eigenvalue weighted by molar-refractivity contribution is 0.0922. The number of aliphatic hydroxyl groups excluding tert-OH is 1. The van der Waals surface area contributed by atoms with E-state index in [-0.39, 0.29) is 12.4 Å². The molecular weight excluding hydrogens is 338 g/mol. The van der Waals surface area contributed by atoms with Crippen LogP contribution >= 0.6 is 22.6 Å². The monoisotopic (exact) mass is 354 g/mol. The highest BCUT2D eigenvalue weighted by Crippen LogP contribution is 2.23. The molecule has 0 fully saturated rings. The molecule has 0 unspecified atom stereocenters. The van der Waals surface area contributed by atoms with Crippen LogP contribution in [0, 0.1) is 9.39 Å². The average Bonchev–Trinajstić information content (AvgIpc) is 2.30. The van der Waals surface area contributed by atoms with Crippen molar-refractivity contribution >= 4 is 34.0 Å². The van der Waals surface area contributed by atoms with Crippen LogP contribution in [-0.4, -0.2) is 31.5 Å². The number of nitrogens with one attached hydrogen (secondary N) is 1. The Morgan fingerprint density at radius 3 is 2.88 bits per heavy atom. The highest BCUT2D eigenvalue weighted by Gasteiger charge is 2.05. The Labute approximate surface area is 113 Å². The van der Waals surface area contributed by atoms with Crippen molar-refractivity contribution in [3.63, 3.8) is 0 Å². The lowest BCUT2D eigenvalue weighted by Crippen LogP contribution is -2.09. The summed E-state index contributed by atoms with van der Waals surface area (Å²) >= 11 is 1.90. The summed E-state index contributed by atoms with van der Waals surface area (Å²) in [5.41, 5.74) is 6.89. The molecule has 96 valence electrons. The van der Waals surface area contributed by atoms with Crippen molar-refractivity contribution in [1.82, 2.24) is 0 Å². The van der Waals surface area contributed by atoms with Gasteiger partial charge in [0.05, 0.1) is 28.2 Å². The fourth-order valence-corrected chi connectivity index (χ4v) is 1.77. The summed E-state index contributed by atoms with van der Waals surface area (Å²) in [5.74, 6) is -0.279. The topological polar surface area (TPSA) is 67.5 Å². The largest absolute Gasteiger partial charge is 0.397 e. The third-order valence-electron chi connectivity index (χ3n) is 2.11. The van der Waals surface area contributed by atoms with Gasteiger partial charge in [0.1, 0.15) is 5.82 Å². The number of halogens is 2. The van der Waals surface area contributed by atoms with Gasteiger partial charge in [-0.15, -0.1) is 0 Å². The first-order chi connectivity index (χ1) is 8.15. The molecular formula is C11H16FIN2O2. The van der Waals surface area contributed by atoms with Crippen LogP contribution in [0.1, 0.15) is 6.42 Å². The van der Waals surface area contributed by atoms with E-state index in [1.165, 1.54) is 6.07 Å². The molecule has 0 atom stereocenters. The van der Waals surface area contributed by atoms with Crippen molar-refractivity contribution in [2.24, 2.45) is 0 Å². The zero-order valence-electron chi connectivity index (χ0n) is 9.38. The van der Waals surface area contributed by atoms with Crippen LogP contribution in [-0.2, 0) is 4.74 Å². The number of nitrogen functional groups attached to an aromatic ring is 1. The summed E-state index contributed by atoms with van der Waals surface area (Å²) in [7, 11) is 0. The summed E-state index contributed by atoms with van der Waals surface area (Å²) < 4.78 is 18.9. The van der Waals surface area contributed by atoms with Gasteiger partial charge < -0.3 is 20.9 Å². The standard InChI is InChI=1S/C11H16FIN2O2/c12-8-6-11(10(14)7-9(8)13)15-2-1-4-17-5-3-16/h6-7,15-16H,1-5,14H2. The van der Waals surface area contributed by atoms with Gasteiger partial charge in [0.25, 0.3) is 0 Å². The van der Waals surface area contributed by atoms with Crippen molar-refractivity contribution in [1.29, 1.82) is 0 Å². The smallest absolute Gasteiger partial charge is 0.138 e. The van der Waals surface area contributed by atoms with Crippen molar-refractivity contribution in [2.45, 2.75) is 6.42 Å². The second-order valence-corrected chi connectivity index (χ2v) is 4.63. The lowest BCUT2D eigenvalue weighted by atomic mass is 10.2. The molecule has 1 aromatic carbocycles. The summed E-state index contributed by atoms with van der Waals surface area (Å²) in [5, 5.41) is 11.5. The molecule has 17 heavy (non-hydrogen) atoms. The number of nitrogens with two attached hydrogens (primary N) is 1. The van der Waals surface area contributed by atoms with Gasteiger partial charge in [-0.2, -0.15) is 0 Å². The van der Waals surface area contributed by atoms with E-state index in [1.54, 1.807) is 6.07 Å². The Kier molecular flexibility index (Phi) is 6.53. The number of aliphatic hydroxyl groups is 1. The fourth-order valence-electron chi connectivity index (χ4n) is 1.28. The van der Waals surface area contributed by atoms with Crippen LogP contribution in [0.15, 0.2) is 12.1 Å². The molecule has 1 aromatic rings. The maximum Gasteiger partial charge on any atom is 0.138 e. The molecule has 0 saturated carbocycles. The van der Waals surface area contributed by atoms with Crippen LogP contribution < -0.4 is 11.1 Å². The van der Waals surface area contributed by atoms with Crippen molar-refractivity contribution in [3.8, 4) is 0 Å². The van der Waals surface area contributed by atoms with Gasteiger partial charge in [-0.3, -0.25) is 0 Å². The van der Waals surface area contributed by atoms with Crippen molar-refractivity contribution < 1.29 is 14.2 Å². The minimum atomic E-state index is -0.279. The highest BCUT2D eigenvalue weighted by atomic mass is 127. The first kappa shape index (κ1) is 14.5. The van der Waals surface area contributed by atoms with Crippen LogP contribution in [0.3, 0.4) is 0 Å². The number of hydrogen-bond donors (Lipinski definition) is 3. The third-order valence-corrected chi connectivity index (χ3v) is 2.94. The molecule has 0 heterocycles. The summed E-state index contributed by atoms with van der Waals surface area (Å²) in [4.78, 5) is 0. The van der Waals surface area contributed by atoms with E-state index in [1.807, 2.05) is 22.6 Å². The Bertz CT molecular complexity index is 364. The van der Waals surface area contributed by atoms with E-state index in [9.17, 15) is 4.39 Å². The lowest BCUT2D eigenvalue weighted by Gasteiger charge is -2.10. The van der Waals surface area contributed by atoms with Crippen molar-refractivity contribution in [3.05, 3.63) is 21.5 Å². The normalized spacial score (nSPS) is 10.5. The zero-order chi connectivity index (χ0) is 12.7. The summed E-state index contributed by atoms with van der Waals surface area (Å²) in [6.45, 7) is 1.58. The molecule has 0 aliphatic rings. The second kappa shape index (κ2) is 7.67. The molecule has 0 amide bonds. The minimum Gasteiger partial charge on any atom is -0.397 e. The molecule has 0 aliphatic heterocycles. The quantitative estimate of drug-likeness (QED) is 0.397. The minimum absolute atomic E-state index is 0.0305. The van der Waals surface area contributed by atoms with Gasteiger partial charge in [0.15, 0.2) is 0 Å². The van der Waals surface area contributed by atoms with E-state index in [0.717, 1.165) is 6.42 Å². The third kappa shape index (κ3) is 5.05. The van der Waals surface area contributed by atoms with Crippen LogP contribution in [0.2, 0.25) is 0 Å². The van der Waals surface area contributed by atoms with Gasteiger partial charge in [-0.05, 0) is 35.1 Å². The fraction of sp³-hybridized carbons (Fsp3) is 0.455. The van der Waals surface area contributed by atoms with E-state index in [4.69, 9.17) is 15.6 Å². The SMILES string of the molecule is Nc1cc(I)c(F)cc1NCCCOCCO. The molecule has 0 spiro atoms. The Balaban J connectivity index is 2.34. The zero-order valence-corrected chi connectivity index (χ0v) is 11.5. The molecule has 1 rings (SSSR count). The van der Waals surface area contributed by atoms with E-state index in [0.29, 0.717) is 34.7 Å². The summed E-state index contributed by atoms with van der Waals surface area (Å²) in [6, 6.07) is 2.99. The Hall–Kier alpha value is -0.600. The van der Waals surface area contributed by atoms with Crippen molar-refractivity contribution in [2.75, 3.05) is 37.4 Å². The van der Waals surface area contributed by atoms with Gasteiger partial charge in [0.2, 0.25) is 0 Å². The highest BCUT2D eigenvalue weighted by molar-refractivity contribution is 14.1. The predicted octanol–water partition coefficient (Wildman–Crippen LogP) is 1.82. The van der Waals surface area contributed by atoms with Gasteiger partial charge in [-0.1, -0.05) is 0 Å². The molecule has 0 radical (unpaired) electrons. The van der Waals surface area contributed by atoms with E-state index < -0.39 is 0 Å². The van der Waals surface area contributed by atoms with Gasteiger partial charge in [-0.25, -0.2) is 4.39 Å². The number of rotatable bonds is 7. The number of ether oxygens (including phenoxy) is 1. The maximum absolute atomic E-state index is 13.3. The maximum atomic E-state index is 13.3. The molecule has 4 N–H and O–H groups in total. The first-order valence-corrected chi connectivity index (χ1v) is 6.40. The predicted molar refractivity (Wildman–Crippen MR) is 74.5 cm³/mol. The van der Waals surface area contributed by atoms with E-state index in [2.05, 4.69) is 5.32 Å². The molecule has 0 aliphatic carbocycles. The number of hydrogen-bond acceptors (Lipinski definition) is 4. The molecule has 4 nitrogen and oxygen atoms in total. The van der Waals surface area contributed by atoms with E-state index >= 15 is 0 Å². The molecule has 0 saturated heterocycles. The first-order valence-electron chi connectivity index (χ1n) is 5.32. The second-order valence-electron chi connectivity index (χ2n) is 3.47. The van der Waals surface area contributed by atoms with Gasteiger partial charge in [0, 0.05) is 19.2 Å². The number of anilines is 2. The van der Waals surface area contributed by atoms with Crippen LogP contribution in [0.25, 0.3) is 0 Å². The molecule has 6 heteroatoms. The Morgan fingerprint density at radius 1 is 1.41 bits per heavy atom. The summed E-state index contributed by atoms with van der Waals surface area (Å²) in [6.07, 6.45) is 0.771. The van der Waals surface area contributed by atoms with Gasteiger partial charge >= 0.3 is 0 Å². The average molecular weight is 354 g/mol. The van der Waals surface area contributed by atoms with Crippen LogP contribution in [0.4, 0.5) is 15.8 Å². The van der Waals surface area contributed by atoms with Crippen LogP contribution in [0.5, 0.6) is 0 Å². The number of benzene rings is 1.